The molecule has 0 aliphatic rings. The summed E-state index contributed by atoms with van der Waals surface area (Å²) in [6.07, 6.45) is 3.15. The van der Waals surface area contributed by atoms with Gasteiger partial charge < -0.3 is 10.2 Å². The third kappa shape index (κ3) is 2.60. The molecule has 2 aromatic heterocycles. The Labute approximate surface area is 120 Å². The van der Waals surface area contributed by atoms with Crippen LogP contribution in [0.4, 0.5) is 0 Å². The van der Waals surface area contributed by atoms with Gasteiger partial charge in [0.1, 0.15) is 23.7 Å². The number of rotatable bonds is 4. The van der Waals surface area contributed by atoms with Gasteiger partial charge in [-0.3, -0.25) is 0 Å². The molecule has 1 aromatic carbocycles. The predicted molar refractivity (Wildman–Crippen MR) is 76.1 cm³/mol. The molecule has 7 heteroatoms. The Bertz CT molecular complexity index is 802. The standard InChI is InChI=1S/C14H12N6O/c1-21-11-4-2-10(3-5-11)7-18-20-9-17-12-8-16-13(6-15)19-14(12)20/h2-5,8-9,18H,7H2,1H3. The van der Waals surface area contributed by atoms with Crippen molar-refractivity contribution in [3.8, 4) is 11.8 Å². The van der Waals surface area contributed by atoms with Gasteiger partial charge in [0.2, 0.25) is 5.82 Å². The van der Waals surface area contributed by atoms with Crippen LogP contribution in [0.5, 0.6) is 5.75 Å². The Morgan fingerprint density at radius 2 is 2.10 bits per heavy atom. The number of hydrogen-bond donors (Lipinski definition) is 1. The second-order valence-corrected chi connectivity index (χ2v) is 4.31. The van der Waals surface area contributed by atoms with Crippen LogP contribution in [0.2, 0.25) is 0 Å². The van der Waals surface area contributed by atoms with E-state index >= 15 is 0 Å². The van der Waals surface area contributed by atoms with Crippen molar-refractivity contribution in [1.82, 2.24) is 19.6 Å². The van der Waals surface area contributed by atoms with Crippen molar-refractivity contribution in [2.75, 3.05) is 12.5 Å². The third-order valence-corrected chi connectivity index (χ3v) is 3.00. The number of fused-ring (bicyclic) bond motifs is 1. The van der Waals surface area contributed by atoms with E-state index < -0.39 is 0 Å². The number of aromatic nitrogens is 4. The van der Waals surface area contributed by atoms with Crippen LogP contribution < -0.4 is 10.2 Å². The normalized spacial score (nSPS) is 10.3. The average molecular weight is 280 g/mol. The van der Waals surface area contributed by atoms with Crippen molar-refractivity contribution in [3.05, 3.63) is 48.2 Å². The number of benzene rings is 1. The van der Waals surface area contributed by atoms with E-state index in [4.69, 9.17) is 10.00 Å². The predicted octanol–water partition coefficient (Wildman–Crippen LogP) is 1.45. The Balaban J connectivity index is 1.79. The lowest BCUT2D eigenvalue weighted by atomic mass is 10.2. The molecular weight excluding hydrogens is 268 g/mol. The first-order valence-corrected chi connectivity index (χ1v) is 6.27. The third-order valence-electron chi connectivity index (χ3n) is 3.00. The summed E-state index contributed by atoms with van der Waals surface area (Å²) in [6, 6.07) is 9.67. The summed E-state index contributed by atoms with van der Waals surface area (Å²) in [7, 11) is 1.64. The van der Waals surface area contributed by atoms with Crippen LogP contribution in [0.3, 0.4) is 0 Å². The van der Waals surface area contributed by atoms with Crippen LogP contribution in [-0.4, -0.2) is 26.7 Å². The van der Waals surface area contributed by atoms with E-state index in [-0.39, 0.29) is 5.82 Å². The molecule has 0 bridgehead atoms. The zero-order valence-electron chi connectivity index (χ0n) is 11.3. The molecule has 0 spiro atoms. The zero-order chi connectivity index (χ0) is 14.7. The second kappa shape index (κ2) is 5.46. The first kappa shape index (κ1) is 12.9. The van der Waals surface area contributed by atoms with Crippen molar-refractivity contribution >= 4 is 11.2 Å². The van der Waals surface area contributed by atoms with Gasteiger partial charge in [-0.25, -0.2) is 14.6 Å². The summed E-state index contributed by atoms with van der Waals surface area (Å²) in [5, 5.41) is 8.85. The maximum absolute atomic E-state index is 8.85. The number of nitriles is 1. The first-order valence-electron chi connectivity index (χ1n) is 6.27. The molecule has 0 unspecified atom stereocenters. The summed E-state index contributed by atoms with van der Waals surface area (Å²) < 4.78 is 6.80. The fourth-order valence-electron chi connectivity index (χ4n) is 1.90. The SMILES string of the molecule is COc1ccc(CNn2cnc3cnc(C#N)nc32)cc1. The molecule has 104 valence electrons. The van der Waals surface area contributed by atoms with Crippen LogP contribution in [0.25, 0.3) is 11.2 Å². The molecule has 0 amide bonds. The molecule has 0 atom stereocenters. The monoisotopic (exact) mass is 280 g/mol. The largest absolute Gasteiger partial charge is 0.497 e. The van der Waals surface area contributed by atoms with Gasteiger partial charge in [-0.1, -0.05) is 12.1 Å². The lowest BCUT2D eigenvalue weighted by Gasteiger charge is -2.08. The summed E-state index contributed by atoms with van der Waals surface area (Å²) in [6.45, 7) is 0.599. The van der Waals surface area contributed by atoms with Gasteiger partial charge >= 0.3 is 0 Å². The summed E-state index contributed by atoms with van der Waals surface area (Å²) in [5.41, 5.74) is 5.49. The topological polar surface area (TPSA) is 88.6 Å². The van der Waals surface area contributed by atoms with E-state index in [2.05, 4.69) is 20.4 Å². The summed E-state index contributed by atoms with van der Waals surface area (Å²) >= 11 is 0. The molecule has 3 rings (SSSR count). The lowest BCUT2D eigenvalue weighted by molar-refractivity contribution is 0.414. The molecule has 1 N–H and O–H groups in total. The molecule has 7 nitrogen and oxygen atoms in total. The highest BCUT2D eigenvalue weighted by atomic mass is 16.5. The van der Waals surface area contributed by atoms with Gasteiger partial charge in [0.15, 0.2) is 5.65 Å². The maximum Gasteiger partial charge on any atom is 0.234 e. The van der Waals surface area contributed by atoms with Crippen molar-refractivity contribution in [2.45, 2.75) is 6.54 Å². The number of hydrogen-bond acceptors (Lipinski definition) is 6. The molecule has 0 saturated heterocycles. The highest BCUT2D eigenvalue weighted by Crippen LogP contribution is 2.12. The fraction of sp³-hybridized carbons (Fsp3) is 0.143. The van der Waals surface area contributed by atoms with E-state index in [1.54, 1.807) is 18.1 Å². The molecule has 0 aliphatic carbocycles. The van der Waals surface area contributed by atoms with Crippen molar-refractivity contribution in [1.29, 1.82) is 5.26 Å². The van der Waals surface area contributed by atoms with Crippen LogP contribution in [-0.2, 0) is 6.54 Å². The van der Waals surface area contributed by atoms with Crippen molar-refractivity contribution in [3.63, 3.8) is 0 Å². The van der Waals surface area contributed by atoms with Crippen LogP contribution >= 0.6 is 0 Å². The molecule has 0 fully saturated rings. The molecule has 3 aromatic rings. The van der Waals surface area contributed by atoms with Gasteiger partial charge in [-0.15, -0.1) is 0 Å². The van der Waals surface area contributed by atoms with Gasteiger partial charge in [-0.2, -0.15) is 10.2 Å². The van der Waals surface area contributed by atoms with Crippen LogP contribution in [0, 0.1) is 11.3 Å². The molecule has 21 heavy (non-hydrogen) atoms. The Kier molecular flexibility index (Phi) is 3.35. The molecule has 0 aliphatic heterocycles. The van der Waals surface area contributed by atoms with Crippen molar-refractivity contribution < 1.29 is 4.74 Å². The van der Waals surface area contributed by atoms with E-state index in [0.29, 0.717) is 17.7 Å². The quantitative estimate of drug-likeness (QED) is 0.778. The van der Waals surface area contributed by atoms with E-state index in [1.165, 1.54) is 6.20 Å². The first-order chi connectivity index (χ1) is 10.3. The number of nitrogens with zero attached hydrogens (tertiary/aromatic N) is 5. The Morgan fingerprint density at radius 3 is 2.81 bits per heavy atom. The zero-order valence-corrected chi connectivity index (χ0v) is 11.3. The van der Waals surface area contributed by atoms with Gasteiger partial charge in [0, 0.05) is 0 Å². The molecule has 2 heterocycles. The smallest absolute Gasteiger partial charge is 0.234 e. The Morgan fingerprint density at radius 1 is 1.29 bits per heavy atom. The van der Waals surface area contributed by atoms with Gasteiger partial charge in [0.05, 0.1) is 19.9 Å². The van der Waals surface area contributed by atoms with Gasteiger partial charge in [-0.05, 0) is 17.7 Å². The molecule has 0 saturated carbocycles. The minimum atomic E-state index is 0.121. The average Bonchev–Trinajstić information content (AvgIpc) is 2.95. The van der Waals surface area contributed by atoms with E-state index in [1.807, 2.05) is 30.3 Å². The van der Waals surface area contributed by atoms with Gasteiger partial charge in [0.25, 0.3) is 0 Å². The maximum atomic E-state index is 8.85. The Hall–Kier alpha value is -3.14. The van der Waals surface area contributed by atoms with Crippen LogP contribution in [0.1, 0.15) is 11.4 Å². The minimum absolute atomic E-state index is 0.121. The number of ether oxygens (including phenoxy) is 1. The number of nitrogens with one attached hydrogen (secondary N) is 1. The minimum Gasteiger partial charge on any atom is -0.497 e. The van der Waals surface area contributed by atoms with E-state index in [0.717, 1.165) is 11.3 Å². The number of methoxy groups -OCH3 is 1. The summed E-state index contributed by atoms with van der Waals surface area (Å²) in [5.74, 6) is 0.939. The fourth-order valence-corrected chi connectivity index (χ4v) is 1.90. The highest BCUT2D eigenvalue weighted by molar-refractivity contribution is 5.69. The highest BCUT2D eigenvalue weighted by Gasteiger charge is 2.06. The number of imidazole rings is 1. The molecular formula is C14H12N6O. The van der Waals surface area contributed by atoms with E-state index in [9.17, 15) is 0 Å². The lowest BCUT2D eigenvalue weighted by Crippen LogP contribution is -2.14. The van der Waals surface area contributed by atoms with Crippen LogP contribution in [0.15, 0.2) is 36.8 Å². The summed E-state index contributed by atoms with van der Waals surface area (Å²) in [4.78, 5) is 12.2. The second-order valence-electron chi connectivity index (χ2n) is 4.31. The molecule has 0 radical (unpaired) electrons. The van der Waals surface area contributed by atoms with Crippen molar-refractivity contribution in [2.24, 2.45) is 0 Å².